The molecule has 2 aromatic carbocycles. The number of amides is 4. The number of thioether (sulfide) groups is 2. The maximum absolute atomic E-state index is 12.3. The van der Waals surface area contributed by atoms with Crippen molar-refractivity contribution in [1.82, 2.24) is 20.4 Å². The molecule has 4 N–H and O–H groups in total. The predicted molar refractivity (Wildman–Crippen MR) is 177 cm³/mol. The van der Waals surface area contributed by atoms with Gasteiger partial charge in [0, 0.05) is 47.2 Å². The van der Waals surface area contributed by atoms with Gasteiger partial charge in [-0.1, -0.05) is 60.7 Å². The molecule has 4 heterocycles. The van der Waals surface area contributed by atoms with E-state index < -0.39 is 45.6 Å². The van der Waals surface area contributed by atoms with E-state index in [9.17, 15) is 39.0 Å². The number of hydrogen-bond donors (Lipinski definition) is 4. The molecule has 0 unspecified atom stereocenters. The number of benzene rings is 2. The minimum absolute atomic E-state index is 0. The van der Waals surface area contributed by atoms with Crippen LogP contribution in [0.2, 0.25) is 0 Å². The molecule has 0 saturated carbocycles. The molecule has 47 heavy (non-hydrogen) atoms. The molecule has 0 aliphatic carbocycles. The third kappa shape index (κ3) is 7.46. The van der Waals surface area contributed by atoms with Crippen molar-refractivity contribution in [3.63, 3.8) is 0 Å². The van der Waals surface area contributed by atoms with Gasteiger partial charge < -0.3 is 30.6 Å². The number of rotatable bonds is 8. The fourth-order valence-electron chi connectivity index (χ4n) is 6.30. The zero-order valence-electron chi connectivity index (χ0n) is 26.4. The molecule has 6 rings (SSSR count). The van der Waals surface area contributed by atoms with Gasteiger partial charge >= 0.3 is 11.9 Å². The summed E-state index contributed by atoms with van der Waals surface area (Å²) in [6.07, 6.45) is 0.404. The van der Waals surface area contributed by atoms with Crippen LogP contribution in [0.1, 0.15) is 38.8 Å². The number of carbonyl (C=O) groups is 6. The number of β-lactam (4-membered cyclic amide) rings is 2. The minimum Gasteiger partial charge on any atom is -0.480 e. The van der Waals surface area contributed by atoms with Gasteiger partial charge in [-0.25, -0.2) is 9.59 Å². The molecule has 2 aromatic rings. The Hall–Kier alpha value is -2.78. The number of carbonyl (C=O) groups excluding carboxylic acids is 4. The zero-order valence-corrected chi connectivity index (χ0v) is 30.3. The average molecular weight is 709 g/mol. The normalized spacial score (nSPS) is 27.4. The van der Waals surface area contributed by atoms with E-state index in [1.54, 1.807) is 0 Å². The van der Waals surface area contributed by atoms with E-state index in [0.29, 0.717) is 0 Å². The molecule has 4 saturated heterocycles. The van der Waals surface area contributed by atoms with Crippen molar-refractivity contribution in [3.05, 3.63) is 71.8 Å². The standard InChI is InChI=1S/2C16H18N2O4S.Ca/c2*1-16(2)12(15(21)22)18-13(20)11(14(18)23-16)17-10(19)8-9-6-4-3-5-7-9;/h2*3-7,11-12,14H,8H2,1-2H3,(H,17,19)(H,21,22);/t2*11-,12+,14-;/m11./s1. The van der Waals surface area contributed by atoms with Gasteiger partial charge in [0.25, 0.3) is 0 Å². The summed E-state index contributed by atoms with van der Waals surface area (Å²) in [6, 6.07) is 15.6. The fraction of sp³-hybridized carbons (Fsp3) is 0.438. The summed E-state index contributed by atoms with van der Waals surface area (Å²) in [5.41, 5.74) is 1.74. The van der Waals surface area contributed by atoms with Gasteiger partial charge in [0.2, 0.25) is 23.6 Å². The van der Waals surface area contributed by atoms with Crippen molar-refractivity contribution >= 4 is 96.8 Å². The van der Waals surface area contributed by atoms with E-state index in [-0.39, 0.29) is 85.0 Å². The van der Waals surface area contributed by atoms with Gasteiger partial charge in [-0.05, 0) is 38.8 Å². The van der Waals surface area contributed by atoms with Gasteiger partial charge in [-0.15, -0.1) is 23.5 Å². The van der Waals surface area contributed by atoms with Crippen molar-refractivity contribution < 1.29 is 39.0 Å². The van der Waals surface area contributed by atoms with Crippen LogP contribution in [0.5, 0.6) is 0 Å². The second-order valence-electron chi connectivity index (χ2n) is 12.6. The Bertz CT molecular complexity index is 1450. The molecular formula is C32H36CaN4O8S2. The van der Waals surface area contributed by atoms with Crippen LogP contribution >= 0.6 is 23.5 Å². The quantitative estimate of drug-likeness (QED) is 0.232. The van der Waals surface area contributed by atoms with E-state index in [4.69, 9.17) is 0 Å². The number of hydrogen-bond acceptors (Lipinski definition) is 8. The molecule has 15 heteroatoms. The minimum atomic E-state index is -1.01. The molecule has 4 fully saturated rings. The average Bonchev–Trinajstić information content (AvgIpc) is 3.40. The molecular weight excluding hydrogens is 673 g/mol. The topological polar surface area (TPSA) is 173 Å². The molecule has 12 nitrogen and oxygen atoms in total. The Morgan fingerprint density at radius 2 is 0.979 bits per heavy atom. The van der Waals surface area contributed by atoms with E-state index >= 15 is 0 Å². The van der Waals surface area contributed by atoms with Crippen LogP contribution in [0.25, 0.3) is 0 Å². The first-order valence-corrected chi connectivity index (χ1v) is 16.5. The first-order valence-electron chi connectivity index (χ1n) is 14.7. The Labute approximate surface area is 310 Å². The summed E-state index contributed by atoms with van der Waals surface area (Å²) in [5.74, 6) is -3.11. The van der Waals surface area contributed by atoms with Gasteiger partial charge in [-0.3, -0.25) is 19.2 Å². The number of nitrogens with one attached hydrogen (secondary N) is 2. The Morgan fingerprint density at radius 3 is 1.28 bits per heavy atom. The van der Waals surface area contributed by atoms with Crippen LogP contribution in [0.4, 0.5) is 0 Å². The van der Waals surface area contributed by atoms with Gasteiger partial charge in [0.15, 0.2) is 0 Å². The largest absolute Gasteiger partial charge is 0.480 e. The van der Waals surface area contributed by atoms with E-state index in [1.165, 1.54) is 33.3 Å². The van der Waals surface area contributed by atoms with Crippen LogP contribution in [-0.2, 0) is 41.6 Å². The zero-order chi connectivity index (χ0) is 33.6. The summed E-state index contributed by atoms with van der Waals surface area (Å²) in [7, 11) is 0. The predicted octanol–water partition coefficient (Wildman–Crippen LogP) is 1.34. The van der Waals surface area contributed by atoms with Crippen molar-refractivity contribution in [2.45, 2.75) is 84.9 Å². The molecule has 0 aromatic heterocycles. The van der Waals surface area contributed by atoms with Crippen molar-refractivity contribution in [3.8, 4) is 0 Å². The van der Waals surface area contributed by atoms with Crippen LogP contribution < -0.4 is 10.6 Å². The number of nitrogens with zero attached hydrogens (tertiary/aromatic N) is 2. The Morgan fingerprint density at radius 1 is 0.660 bits per heavy atom. The summed E-state index contributed by atoms with van der Waals surface area (Å²) in [4.78, 5) is 74.4. The Balaban J connectivity index is 0.000000208. The molecule has 6 atom stereocenters. The monoisotopic (exact) mass is 708 g/mol. The summed E-state index contributed by atoms with van der Waals surface area (Å²) < 4.78 is -1.16. The first-order chi connectivity index (χ1) is 21.6. The molecule has 0 spiro atoms. The third-order valence-electron chi connectivity index (χ3n) is 8.40. The second kappa shape index (κ2) is 14.4. The fourth-order valence-corrected chi connectivity index (χ4v) is 9.55. The second-order valence-corrected chi connectivity index (χ2v) is 16.2. The molecule has 4 aliphatic rings. The van der Waals surface area contributed by atoms with Crippen molar-refractivity contribution in [1.29, 1.82) is 0 Å². The summed E-state index contributed by atoms with van der Waals surface area (Å²) in [5, 5.41) is 23.6. The number of carboxylic acid groups (broad SMARTS) is 2. The molecule has 0 bridgehead atoms. The maximum atomic E-state index is 12.3. The van der Waals surface area contributed by atoms with E-state index in [0.717, 1.165) is 11.1 Å². The SMILES string of the molecule is CC1(C)S[C@@H]2[C@H](NC(=O)Cc3ccccc3)C(=O)N2[C@H]1C(=O)O.CC1(C)S[C@@H]2[C@H](NC(=O)Cc3ccccc3)C(=O)N2[C@H]1C(=O)O.[Ca]. The third-order valence-corrected chi connectivity index (χ3v) is 11.5. The van der Waals surface area contributed by atoms with Gasteiger partial charge in [-0.2, -0.15) is 0 Å². The van der Waals surface area contributed by atoms with Gasteiger partial charge in [0.1, 0.15) is 34.9 Å². The first kappa shape index (κ1) is 37.0. The number of carboxylic acids is 2. The van der Waals surface area contributed by atoms with E-state index in [2.05, 4.69) is 10.6 Å². The van der Waals surface area contributed by atoms with Crippen LogP contribution in [0, 0.1) is 0 Å². The summed E-state index contributed by atoms with van der Waals surface area (Å²) in [6.45, 7) is 7.24. The maximum Gasteiger partial charge on any atom is 0.327 e. The molecule has 4 amide bonds. The van der Waals surface area contributed by atoms with Crippen LogP contribution in [0.15, 0.2) is 60.7 Å². The van der Waals surface area contributed by atoms with Crippen LogP contribution in [0.3, 0.4) is 0 Å². The molecule has 4 aliphatic heterocycles. The smallest absolute Gasteiger partial charge is 0.327 e. The van der Waals surface area contributed by atoms with Crippen molar-refractivity contribution in [2.24, 2.45) is 0 Å². The van der Waals surface area contributed by atoms with Gasteiger partial charge in [0.05, 0.1) is 12.8 Å². The van der Waals surface area contributed by atoms with Crippen LogP contribution in [-0.4, -0.2) is 138 Å². The summed E-state index contributed by atoms with van der Waals surface area (Å²) >= 11 is 2.85. The van der Waals surface area contributed by atoms with Crippen molar-refractivity contribution in [2.75, 3.05) is 0 Å². The molecule has 246 valence electrons. The number of fused-ring (bicyclic) bond motifs is 2. The molecule has 2 radical (unpaired) electrons. The number of aliphatic carboxylic acids is 2. The van der Waals surface area contributed by atoms with E-state index in [1.807, 2.05) is 88.4 Å². The Kier molecular flexibility index (Phi) is 11.3.